The quantitative estimate of drug-likeness (QED) is 0.442. The molecule has 0 aliphatic carbocycles. The molecular formula is C25H28N6O. The monoisotopic (exact) mass is 428 g/mol. The molecule has 1 aliphatic heterocycles. The minimum Gasteiger partial charge on any atom is -0.382 e. The van der Waals surface area contributed by atoms with Crippen molar-refractivity contribution >= 4 is 28.3 Å². The molecule has 0 atom stereocenters. The summed E-state index contributed by atoms with van der Waals surface area (Å²) in [6, 6.07) is 18.2. The number of likely N-dealkylation sites (tertiary alicyclic amines) is 1. The molecule has 2 aromatic heterocycles. The summed E-state index contributed by atoms with van der Waals surface area (Å²) in [5.74, 6) is 0.410. The van der Waals surface area contributed by atoms with Crippen LogP contribution in [0.3, 0.4) is 0 Å². The number of nitrogens with one attached hydrogen (secondary N) is 3. The van der Waals surface area contributed by atoms with Crippen molar-refractivity contribution in [3.8, 4) is 11.3 Å². The van der Waals surface area contributed by atoms with E-state index in [9.17, 15) is 4.79 Å². The number of anilines is 2. The van der Waals surface area contributed by atoms with E-state index in [1.54, 1.807) is 0 Å². The molecule has 1 aliphatic rings. The van der Waals surface area contributed by atoms with E-state index in [-0.39, 0.29) is 5.91 Å². The van der Waals surface area contributed by atoms with Gasteiger partial charge < -0.3 is 20.1 Å². The van der Waals surface area contributed by atoms with Crippen LogP contribution in [0.2, 0.25) is 0 Å². The molecule has 3 heterocycles. The molecule has 1 fully saturated rings. The second kappa shape index (κ2) is 8.51. The summed E-state index contributed by atoms with van der Waals surface area (Å²) in [6.45, 7) is 2.23. The first kappa shape index (κ1) is 20.3. The van der Waals surface area contributed by atoms with E-state index < -0.39 is 0 Å². The highest BCUT2D eigenvalue weighted by Gasteiger charge is 2.17. The van der Waals surface area contributed by atoms with Crippen LogP contribution in [-0.4, -0.2) is 51.8 Å². The van der Waals surface area contributed by atoms with Crippen LogP contribution < -0.4 is 10.6 Å². The fourth-order valence-electron chi connectivity index (χ4n) is 4.39. The van der Waals surface area contributed by atoms with Gasteiger partial charge in [-0.2, -0.15) is 5.10 Å². The Bertz CT molecular complexity index is 1230. The minimum absolute atomic E-state index is 0.164. The Balaban J connectivity index is 1.25. The van der Waals surface area contributed by atoms with E-state index in [1.165, 1.54) is 0 Å². The van der Waals surface area contributed by atoms with Crippen LogP contribution in [0.25, 0.3) is 22.2 Å². The van der Waals surface area contributed by atoms with Gasteiger partial charge in [0.2, 0.25) is 0 Å². The number of hydrogen-bond donors (Lipinski definition) is 3. The fourth-order valence-corrected chi connectivity index (χ4v) is 4.39. The molecule has 2 aromatic carbocycles. The third-order valence-electron chi connectivity index (χ3n) is 6.24. The number of nitrogens with zero attached hydrogens (tertiary/aromatic N) is 3. The van der Waals surface area contributed by atoms with Crippen molar-refractivity contribution in [2.75, 3.05) is 30.8 Å². The first-order valence-electron chi connectivity index (χ1n) is 11.0. The molecule has 1 amide bonds. The first-order chi connectivity index (χ1) is 15.6. The molecule has 4 aromatic rings. The van der Waals surface area contributed by atoms with Crippen molar-refractivity contribution in [2.24, 2.45) is 7.05 Å². The Hall–Kier alpha value is -3.58. The summed E-state index contributed by atoms with van der Waals surface area (Å²) < 4.78 is 2.08. The number of fused-ring (bicyclic) bond motifs is 1. The second-order valence-electron chi connectivity index (χ2n) is 8.59. The van der Waals surface area contributed by atoms with Gasteiger partial charge in [0.1, 0.15) is 5.82 Å². The van der Waals surface area contributed by atoms with Gasteiger partial charge in [0.25, 0.3) is 5.91 Å². The lowest BCUT2D eigenvalue weighted by Gasteiger charge is -2.30. The average molecular weight is 429 g/mol. The first-order valence-corrected chi connectivity index (χ1v) is 11.0. The lowest BCUT2D eigenvalue weighted by atomic mass is 10.0. The summed E-state index contributed by atoms with van der Waals surface area (Å²) in [7, 11) is 4.18. The summed E-state index contributed by atoms with van der Waals surface area (Å²) in [5, 5.41) is 15.0. The van der Waals surface area contributed by atoms with Crippen LogP contribution in [0, 0.1) is 0 Å². The smallest absolute Gasteiger partial charge is 0.256 e. The van der Waals surface area contributed by atoms with Gasteiger partial charge in [0, 0.05) is 47.6 Å². The number of piperidine rings is 1. The normalized spacial score (nSPS) is 15.2. The van der Waals surface area contributed by atoms with Gasteiger partial charge >= 0.3 is 0 Å². The number of aromatic amines is 1. The van der Waals surface area contributed by atoms with Crippen LogP contribution in [0.15, 0.2) is 60.8 Å². The van der Waals surface area contributed by atoms with Crippen LogP contribution >= 0.6 is 0 Å². The highest BCUT2D eigenvalue weighted by atomic mass is 16.1. The topological polar surface area (TPSA) is 78.0 Å². The Morgan fingerprint density at radius 1 is 1.06 bits per heavy atom. The number of rotatable bonds is 5. The molecular weight excluding hydrogens is 400 g/mol. The Kier molecular flexibility index (Phi) is 5.41. The highest BCUT2D eigenvalue weighted by molar-refractivity contribution is 6.04. The number of aryl methyl sites for hydroxylation is 1. The number of aromatic nitrogens is 3. The lowest BCUT2D eigenvalue weighted by Crippen LogP contribution is -2.36. The lowest BCUT2D eigenvalue weighted by molar-refractivity contribution is 0.102. The molecule has 0 bridgehead atoms. The largest absolute Gasteiger partial charge is 0.382 e. The number of amides is 1. The van der Waals surface area contributed by atoms with Crippen LogP contribution in [0.4, 0.5) is 11.5 Å². The summed E-state index contributed by atoms with van der Waals surface area (Å²) in [5.41, 5.74) is 4.60. The summed E-state index contributed by atoms with van der Waals surface area (Å²) >= 11 is 0. The zero-order valence-electron chi connectivity index (χ0n) is 18.4. The number of benzene rings is 2. The van der Waals surface area contributed by atoms with Gasteiger partial charge in [-0.3, -0.25) is 9.89 Å². The maximum absolute atomic E-state index is 12.7. The van der Waals surface area contributed by atoms with Gasteiger partial charge in [-0.25, -0.2) is 0 Å². The van der Waals surface area contributed by atoms with Gasteiger partial charge in [0.05, 0.1) is 11.2 Å². The van der Waals surface area contributed by atoms with Crippen molar-refractivity contribution in [3.05, 3.63) is 66.4 Å². The molecule has 0 radical (unpaired) electrons. The van der Waals surface area contributed by atoms with Crippen molar-refractivity contribution < 1.29 is 4.79 Å². The van der Waals surface area contributed by atoms with E-state index in [0.29, 0.717) is 17.4 Å². The molecule has 7 heteroatoms. The third kappa shape index (κ3) is 4.11. The number of para-hydroxylation sites is 1. The van der Waals surface area contributed by atoms with Crippen molar-refractivity contribution in [1.29, 1.82) is 0 Å². The SMILES string of the molecule is CN1CCC(Nc2ccc(C(=O)Nc3cc(-c4cccc5ccn(C)c45)n[nH]3)cc2)CC1. The summed E-state index contributed by atoms with van der Waals surface area (Å²) in [4.78, 5) is 15.1. The van der Waals surface area contributed by atoms with Crippen molar-refractivity contribution in [1.82, 2.24) is 19.7 Å². The zero-order chi connectivity index (χ0) is 22.1. The summed E-state index contributed by atoms with van der Waals surface area (Å²) in [6.07, 6.45) is 4.31. The maximum Gasteiger partial charge on any atom is 0.256 e. The molecule has 32 heavy (non-hydrogen) atoms. The molecule has 5 rings (SSSR count). The van der Waals surface area contributed by atoms with Gasteiger partial charge in [-0.1, -0.05) is 18.2 Å². The van der Waals surface area contributed by atoms with Gasteiger partial charge in [-0.05, 0) is 63.3 Å². The molecule has 0 saturated carbocycles. The van der Waals surface area contributed by atoms with E-state index in [0.717, 1.165) is 53.8 Å². The average Bonchev–Trinajstić information content (AvgIpc) is 3.43. The minimum atomic E-state index is -0.164. The number of carbonyl (C=O) groups is 1. The Labute approximate surface area is 187 Å². The van der Waals surface area contributed by atoms with Crippen molar-refractivity contribution in [2.45, 2.75) is 18.9 Å². The van der Waals surface area contributed by atoms with E-state index in [1.807, 2.05) is 55.7 Å². The number of H-pyrrole nitrogens is 1. The van der Waals surface area contributed by atoms with E-state index >= 15 is 0 Å². The van der Waals surface area contributed by atoms with Crippen LogP contribution in [-0.2, 0) is 7.05 Å². The standard InChI is InChI=1S/C25H28N6O/c1-30-13-11-20(12-14-30)26-19-8-6-18(7-9-19)25(32)27-23-16-22(28-29-23)21-5-3-4-17-10-15-31(2)24(17)21/h3-10,15-16,20,26H,11-14H2,1-2H3,(H2,27,28,29,32). The Morgan fingerprint density at radius 3 is 2.62 bits per heavy atom. The molecule has 0 unspecified atom stereocenters. The molecule has 164 valence electrons. The van der Waals surface area contributed by atoms with Crippen molar-refractivity contribution in [3.63, 3.8) is 0 Å². The zero-order valence-corrected chi connectivity index (χ0v) is 18.4. The maximum atomic E-state index is 12.7. The highest BCUT2D eigenvalue weighted by Crippen LogP contribution is 2.29. The van der Waals surface area contributed by atoms with Crippen LogP contribution in [0.5, 0.6) is 0 Å². The van der Waals surface area contributed by atoms with Gasteiger partial charge in [0.15, 0.2) is 0 Å². The molecule has 1 saturated heterocycles. The van der Waals surface area contributed by atoms with Gasteiger partial charge in [-0.15, -0.1) is 0 Å². The number of hydrogen-bond acceptors (Lipinski definition) is 4. The van der Waals surface area contributed by atoms with E-state index in [2.05, 4.69) is 49.5 Å². The molecule has 7 nitrogen and oxygen atoms in total. The predicted molar refractivity (Wildman–Crippen MR) is 129 cm³/mol. The third-order valence-corrected chi connectivity index (χ3v) is 6.24. The molecule has 3 N–H and O–H groups in total. The number of carbonyl (C=O) groups excluding carboxylic acids is 1. The molecule has 0 spiro atoms. The van der Waals surface area contributed by atoms with E-state index in [4.69, 9.17) is 0 Å². The Morgan fingerprint density at radius 2 is 1.84 bits per heavy atom. The second-order valence-corrected chi connectivity index (χ2v) is 8.59. The van der Waals surface area contributed by atoms with Crippen LogP contribution in [0.1, 0.15) is 23.2 Å². The fraction of sp³-hybridized carbons (Fsp3) is 0.280. The predicted octanol–water partition coefficient (Wildman–Crippen LogP) is 4.33.